The minimum absolute atomic E-state index is 1.20. The molecular weight excluding hydrogens is 769 g/mol. The summed E-state index contributed by atoms with van der Waals surface area (Å²) in [5.41, 5.74) is 12.3. The molecule has 0 saturated carbocycles. The van der Waals surface area contributed by atoms with E-state index in [4.69, 9.17) is 0 Å². The van der Waals surface area contributed by atoms with Crippen LogP contribution in [0.1, 0.15) is 0 Å². The van der Waals surface area contributed by atoms with Crippen molar-refractivity contribution in [3.63, 3.8) is 0 Å². The second-order valence-electron chi connectivity index (χ2n) is 17.2. The molecular formula is C64H40. The molecule has 0 N–H and O–H groups in total. The summed E-state index contributed by atoms with van der Waals surface area (Å²) < 4.78 is 0. The second-order valence-corrected chi connectivity index (χ2v) is 17.2. The highest BCUT2D eigenvalue weighted by atomic mass is 14.2. The summed E-state index contributed by atoms with van der Waals surface area (Å²) in [4.78, 5) is 0. The average Bonchev–Trinajstić information content (AvgIpc) is 3.37. The molecule has 0 aliphatic carbocycles. The van der Waals surface area contributed by atoms with Gasteiger partial charge in [-0.05, 0) is 155 Å². The summed E-state index contributed by atoms with van der Waals surface area (Å²) in [5, 5.41) is 17.7. The Kier molecular flexibility index (Phi) is 8.32. The Hall–Kier alpha value is -8.32. The zero-order valence-corrected chi connectivity index (χ0v) is 35.1. The summed E-state index contributed by atoms with van der Waals surface area (Å²) in [5.74, 6) is 0. The van der Waals surface area contributed by atoms with Gasteiger partial charge in [0.2, 0.25) is 0 Å². The number of hydrogen-bond acceptors (Lipinski definition) is 0. The predicted molar refractivity (Wildman–Crippen MR) is 276 cm³/mol. The topological polar surface area (TPSA) is 0 Å². The van der Waals surface area contributed by atoms with Gasteiger partial charge < -0.3 is 0 Å². The molecule has 13 aromatic rings. The predicted octanol–water partition coefficient (Wildman–Crippen LogP) is 18.1. The molecule has 0 bridgehead atoms. The number of benzene rings is 13. The van der Waals surface area contributed by atoms with Crippen LogP contribution >= 0.6 is 0 Å². The average molecular weight is 809 g/mol. The summed E-state index contributed by atoms with van der Waals surface area (Å²) in [6.45, 7) is 0. The molecule has 13 rings (SSSR count). The molecule has 0 heterocycles. The second kappa shape index (κ2) is 14.7. The maximum atomic E-state index is 2.44. The van der Waals surface area contributed by atoms with E-state index in [2.05, 4.69) is 243 Å². The van der Waals surface area contributed by atoms with E-state index < -0.39 is 0 Å². The maximum Gasteiger partial charge on any atom is -0.00261 e. The summed E-state index contributed by atoms with van der Waals surface area (Å²) in [7, 11) is 0. The van der Waals surface area contributed by atoms with Crippen LogP contribution in [0, 0.1) is 0 Å². The molecule has 0 amide bonds. The fraction of sp³-hybridized carbons (Fsp3) is 0. The Bertz CT molecular complexity index is 3980. The van der Waals surface area contributed by atoms with Crippen LogP contribution in [0.5, 0.6) is 0 Å². The van der Waals surface area contributed by atoms with E-state index in [1.54, 1.807) is 0 Å². The van der Waals surface area contributed by atoms with Crippen molar-refractivity contribution in [3.8, 4) is 55.6 Å². The van der Waals surface area contributed by atoms with Gasteiger partial charge in [0.05, 0.1) is 0 Å². The van der Waals surface area contributed by atoms with Gasteiger partial charge in [0.1, 0.15) is 0 Å². The molecule has 0 atom stereocenters. The van der Waals surface area contributed by atoms with Crippen LogP contribution in [0.25, 0.3) is 131 Å². The van der Waals surface area contributed by atoms with Crippen LogP contribution in [0.2, 0.25) is 0 Å². The van der Waals surface area contributed by atoms with Crippen LogP contribution in [0.15, 0.2) is 243 Å². The quantitative estimate of drug-likeness (QED) is 0.120. The van der Waals surface area contributed by atoms with Crippen molar-refractivity contribution in [1.82, 2.24) is 0 Å². The minimum atomic E-state index is 1.20. The molecule has 13 aromatic carbocycles. The zero-order chi connectivity index (χ0) is 42.1. The minimum Gasteiger partial charge on any atom is -0.0616 e. The number of hydrogen-bond donors (Lipinski definition) is 0. The third-order valence-electron chi connectivity index (χ3n) is 13.6. The van der Waals surface area contributed by atoms with Gasteiger partial charge >= 0.3 is 0 Å². The first kappa shape index (κ1) is 36.3. The Balaban J connectivity index is 1.01. The molecule has 0 aromatic heterocycles. The van der Waals surface area contributed by atoms with E-state index in [0.29, 0.717) is 0 Å². The SMILES string of the molecule is c1ccc2cc(-c3ccc4c(-c5ccc(-c6cc7ccccc7c7ccccc67)cc5)c5ccccc5c(-c5ccc(-c6cc7ccccc7c7ccccc67)cc5)c4c3)ccc2c1. The van der Waals surface area contributed by atoms with Crippen LogP contribution in [0.4, 0.5) is 0 Å². The molecule has 0 fully saturated rings. The van der Waals surface area contributed by atoms with Gasteiger partial charge in [-0.1, -0.05) is 218 Å². The lowest BCUT2D eigenvalue weighted by atomic mass is 9.84. The highest BCUT2D eigenvalue weighted by Gasteiger charge is 2.19. The van der Waals surface area contributed by atoms with E-state index in [-0.39, 0.29) is 0 Å². The maximum absolute atomic E-state index is 2.44. The van der Waals surface area contributed by atoms with Crippen molar-refractivity contribution in [2.45, 2.75) is 0 Å². The van der Waals surface area contributed by atoms with Gasteiger partial charge in [-0.3, -0.25) is 0 Å². The van der Waals surface area contributed by atoms with E-state index in [1.165, 1.54) is 131 Å². The third-order valence-corrected chi connectivity index (χ3v) is 13.6. The fourth-order valence-electron chi connectivity index (χ4n) is 10.6. The lowest BCUT2D eigenvalue weighted by Gasteiger charge is -2.19. The van der Waals surface area contributed by atoms with Gasteiger partial charge in [0.15, 0.2) is 0 Å². The number of rotatable bonds is 5. The molecule has 0 saturated heterocycles. The van der Waals surface area contributed by atoms with Crippen molar-refractivity contribution >= 4 is 75.4 Å². The van der Waals surface area contributed by atoms with Crippen LogP contribution < -0.4 is 0 Å². The van der Waals surface area contributed by atoms with Gasteiger partial charge in [-0.15, -0.1) is 0 Å². The van der Waals surface area contributed by atoms with Crippen LogP contribution in [-0.2, 0) is 0 Å². The smallest absolute Gasteiger partial charge is 0.00261 e. The summed E-state index contributed by atoms with van der Waals surface area (Å²) in [6.07, 6.45) is 0. The lowest BCUT2D eigenvalue weighted by molar-refractivity contribution is 1.62. The van der Waals surface area contributed by atoms with Gasteiger partial charge in [0.25, 0.3) is 0 Å². The van der Waals surface area contributed by atoms with E-state index in [9.17, 15) is 0 Å². The van der Waals surface area contributed by atoms with Crippen molar-refractivity contribution in [2.75, 3.05) is 0 Å². The molecule has 64 heavy (non-hydrogen) atoms. The Morgan fingerprint density at radius 1 is 0.156 bits per heavy atom. The Morgan fingerprint density at radius 3 is 1.03 bits per heavy atom. The first-order valence-electron chi connectivity index (χ1n) is 22.2. The largest absolute Gasteiger partial charge is 0.0616 e. The van der Waals surface area contributed by atoms with Gasteiger partial charge in [-0.2, -0.15) is 0 Å². The first-order chi connectivity index (χ1) is 31.7. The molecule has 0 aliphatic heterocycles. The highest BCUT2D eigenvalue weighted by Crippen LogP contribution is 2.46. The van der Waals surface area contributed by atoms with Crippen molar-refractivity contribution < 1.29 is 0 Å². The van der Waals surface area contributed by atoms with Crippen LogP contribution in [0.3, 0.4) is 0 Å². The fourth-order valence-corrected chi connectivity index (χ4v) is 10.6. The molecule has 0 nitrogen and oxygen atoms in total. The lowest BCUT2D eigenvalue weighted by Crippen LogP contribution is -1.92. The van der Waals surface area contributed by atoms with E-state index in [1.807, 2.05) is 0 Å². The van der Waals surface area contributed by atoms with Crippen LogP contribution in [-0.4, -0.2) is 0 Å². The molecule has 0 spiro atoms. The molecule has 0 unspecified atom stereocenters. The third kappa shape index (κ3) is 5.84. The summed E-state index contributed by atoms with van der Waals surface area (Å²) in [6, 6.07) is 90.0. The van der Waals surface area contributed by atoms with Gasteiger partial charge in [-0.25, -0.2) is 0 Å². The highest BCUT2D eigenvalue weighted by molar-refractivity contribution is 6.22. The van der Waals surface area contributed by atoms with Crippen molar-refractivity contribution in [2.24, 2.45) is 0 Å². The Morgan fingerprint density at radius 2 is 0.500 bits per heavy atom. The first-order valence-corrected chi connectivity index (χ1v) is 22.2. The normalized spacial score (nSPS) is 11.8. The summed E-state index contributed by atoms with van der Waals surface area (Å²) >= 11 is 0. The van der Waals surface area contributed by atoms with E-state index >= 15 is 0 Å². The number of fused-ring (bicyclic) bond motifs is 9. The molecule has 296 valence electrons. The monoisotopic (exact) mass is 808 g/mol. The van der Waals surface area contributed by atoms with Gasteiger partial charge in [0, 0.05) is 0 Å². The standard InChI is InChI=1S/C64H40/c1-2-14-46-37-47(34-25-41(46)13-1)48-35-36-59-62(38-48)64(45-32-28-43(29-33-45)61-40-50-16-4-6-18-52(50)54-20-8-10-22-56(54)61)58-24-12-11-23-57(58)63(59)44-30-26-42(27-31-44)60-39-49-15-3-5-17-51(49)53-19-7-9-21-55(53)60/h1-40H. The molecule has 0 radical (unpaired) electrons. The van der Waals surface area contributed by atoms with Crippen molar-refractivity contribution in [1.29, 1.82) is 0 Å². The van der Waals surface area contributed by atoms with E-state index in [0.717, 1.165) is 0 Å². The van der Waals surface area contributed by atoms with Crippen molar-refractivity contribution in [3.05, 3.63) is 243 Å². The Labute approximate surface area is 371 Å². The molecule has 0 heteroatoms. The zero-order valence-electron chi connectivity index (χ0n) is 35.1. The molecule has 0 aliphatic rings.